The van der Waals surface area contributed by atoms with E-state index in [0.717, 1.165) is 51.5 Å². The quantitative estimate of drug-likeness (QED) is 0.251. The first-order valence-electron chi connectivity index (χ1n) is 9.05. The number of para-hydroxylation sites is 1. The molecule has 1 aliphatic rings. The number of hydrogen-bond donors (Lipinski definition) is 1. The third-order valence-corrected chi connectivity index (χ3v) is 4.85. The average molecular weight is 442 g/mol. The zero-order valence-corrected chi connectivity index (χ0v) is 19.8. The van der Waals surface area contributed by atoms with Crippen molar-refractivity contribution in [2.75, 3.05) is 7.11 Å². The second-order valence-corrected chi connectivity index (χ2v) is 6.70. The normalized spacial score (nSPS) is 11.3. The number of carbonyl (C=O) groups is 1. The fourth-order valence-electron chi connectivity index (χ4n) is 3.51. The monoisotopic (exact) mass is 442 g/mol. The molecule has 0 unspecified atom stereocenters. The van der Waals surface area contributed by atoms with Crippen LogP contribution in [0.3, 0.4) is 0 Å². The SMILES string of the molecule is COC(=O)c1ccc2nc(-c3cccc4c3Cc3ccccc3O4)[nH]c2c1.O=P[O-].[Na+]. The number of aromatic amines is 1. The van der Waals surface area contributed by atoms with Gasteiger partial charge < -0.3 is 19.4 Å². The topological polar surface area (TPSA) is 104 Å². The molecule has 7 nitrogen and oxygen atoms in total. The van der Waals surface area contributed by atoms with Crippen molar-refractivity contribution in [3.8, 4) is 22.9 Å². The number of nitrogens with zero attached hydrogens (tertiary/aromatic N) is 1. The Bertz CT molecular complexity index is 1260. The van der Waals surface area contributed by atoms with Gasteiger partial charge in [-0.25, -0.2) is 9.78 Å². The Morgan fingerprint density at radius 1 is 1.13 bits per heavy atom. The Morgan fingerprint density at radius 2 is 1.87 bits per heavy atom. The molecule has 0 atom stereocenters. The fraction of sp³-hybridized carbons (Fsp3) is 0.0909. The van der Waals surface area contributed by atoms with E-state index in [9.17, 15) is 4.79 Å². The van der Waals surface area contributed by atoms with E-state index in [1.165, 1.54) is 7.11 Å². The summed E-state index contributed by atoms with van der Waals surface area (Å²) >= 11 is 0. The molecule has 2 heterocycles. The zero-order chi connectivity index (χ0) is 21.1. The maximum Gasteiger partial charge on any atom is 1.00 e. The van der Waals surface area contributed by atoms with Crippen molar-refractivity contribution >= 4 is 25.7 Å². The van der Waals surface area contributed by atoms with Gasteiger partial charge in [0.25, 0.3) is 0 Å². The van der Waals surface area contributed by atoms with Gasteiger partial charge in [-0.2, -0.15) is 0 Å². The Kier molecular flexibility index (Phi) is 7.59. The van der Waals surface area contributed by atoms with Crippen molar-refractivity contribution in [1.82, 2.24) is 9.97 Å². The van der Waals surface area contributed by atoms with E-state index in [1.54, 1.807) is 12.1 Å². The molecule has 5 rings (SSSR count). The molecule has 4 aromatic rings. The zero-order valence-electron chi connectivity index (χ0n) is 16.9. The van der Waals surface area contributed by atoms with Crippen LogP contribution < -0.4 is 39.2 Å². The van der Waals surface area contributed by atoms with Gasteiger partial charge in [-0.05, 0) is 35.9 Å². The number of imidazole rings is 1. The summed E-state index contributed by atoms with van der Waals surface area (Å²) in [4.78, 5) is 28.2. The van der Waals surface area contributed by atoms with Crippen LogP contribution >= 0.6 is 8.69 Å². The molecule has 1 N–H and O–H groups in total. The molecule has 0 saturated carbocycles. The first-order valence-corrected chi connectivity index (χ1v) is 9.78. The van der Waals surface area contributed by atoms with Crippen molar-refractivity contribution in [2.24, 2.45) is 0 Å². The summed E-state index contributed by atoms with van der Waals surface area (Å²) in [6.45, 7) is 0. The first-order chi connectivity index (χ1) is 14.6. The van der Waals surface area contributed by atoms with Crippen LogP contribution in [-0.2, 0) is 15.7 Å². The standard InChI is InChI=1S/C22H16N2O3.Na.HO2P/c1-26-22(25)14-9-10-17-18(12-14)24-21(23-17)15-6-4-8-20-16(15)11-13-5-2-3-7-19(13)27-20;;1-3-2/h2-10,12H,11H2,1H3,(H,23,24);;(H,1,2)/q;+1;/p-1. The number of hydrogen-bond acceptors (Lipinski definition) is 6. The Labute approximate surface area is 202 Å². The number of H-pyrrole nitrogens is 1. The van der Waals surface area contributed by atoms with Crippen LogP contribution in [0.15, 0.2) is 60.7 Å². The summed E-state index contributed by atoms with van der Waals surface area (Å²) in [6, 6.07) is 19.4. The summed E-state index contributed by atoms with van der Waals surface area (Å²) < 4.78 is 19.2. The summed E-state index contributed by atoms with van der Waals surface area (Å²) in [5.41, 5.74) is 5.34. The molecule has 3 aromatic carbocycles. The maximum absolute atomic E-state index is 11.8. The van der Waals surface area contributed by atoms with E-state index in [-0.39, 0.29) is 35.5 Å². The van der Waals surface area contributed by atoms with Crippen molar-refractivity contribution in [2.45, 2.75) is 6.42 Å². The average Bonchev–Trinajstić information content (AvgIpc) is 3.20. The van der Waals surface area contributed by atoms with E-state index >= 15 is 0 Å². The molecule has 0 fully saturated rings. The van der Waals surface area contributed by atoms with Gasteiger partial charge in [0.1, 0.15) is 17.3 Å². The number of nitrogens with one attached hydrogen (secondary N) is 1. The van der Waals surface area contributed by atoms with Crippen LogP contribution in [0.5, 0.6) is 11.5 Å². The smallest absolute Gasteiger partial charge is 0.772 e. The van der Waals surface area contributed by atoms with Crippen LogP contribution in [0.2, 0.25) is 0 Å². The van der Waals surface area contributed by atoms with E-state index in [4.69, 9.17) is 23.9 Å². The van der Waals surface area contributed by atoms with Crippen LogP contribution in [0, 0.1) is 0 Å². The van der Waals surface area contributed by atoms with Crippen molar-refractivity contribution in [3.63, 3.8) is 0 Å². The van der Waals surface area contributed by atoms with Gasteiger partial charge in [0.05, 0.1) is 32.4 Å². The fourth-order valence-corrected chi connectivity index (χ4v) is 3.51. The first kappa shape index (κ1) is 23.1. The number of esters is 1. The molecule has 0 spiro atoms. The molecule has 0 bridgehead atoms. The number of rotatable bonds is 2. The predicted octanol–water partition coefficient (Wildman–Crippen LogP) is 1.27. The minimum absolute atomic E-state index is 0. The molecule has 1 aliphatic heterocycles. The second-order valence-electron chi connectivity index (χ2n) is 6.55. The summed E-state index contributed by atoms with van der Waals surface area (Å²) in [7, 11) is 0.291. The number of benzene rings is 3. The third kappa shape index (κ3) is 4.71. The molecule has 9 heteroatoms. The largest absolute Gasteiger partial charge is 1.00 e. The minimum Gasteiger partial charge on any atom is -0.772 e. The summed E-state index contributed by atoms with van der Waals surface area (Å²) in [6.07, 6.45) is 0.784. The Morgan fingerprint density at radius 3 is 2.65 bits per heavy atom. The number of ether oxygens (including phenoxy) is 2. The molecular weight excluding hydrogens is 426 g/mol. The van der Waals surface area contributed by atoms with Gasteiger partial charge in [-0.3, -0.25) is 4.57 Å². The molecular formula is C22H16N2NaO5P. The van der Waals surface area contributed by atoms with Crippen molar-refractivity contribution in [3.05, 3.63) is 77.4 Å². The van der Waals surface area contributed by atoms with Gasteiger partial charge in [-0.15, -0.1) is 0 Å². The second kappa shape index (κ2) is 10.2. The number of aromatic nitrogens is 2. The molecule has 31 heavy (non-hydrogen) atoms. The van der Waals surface area contributed by atoms with Crippen LogP contribution in [0.25, 0.3) is 22.4 Å². The van der Waals surface area contributed by atoms with Crippen LogP contribution in [-0.4, -0.2) is 23.0 Å². The van der Waals surface area contributed by atoms with E-state index in [1.807, 2.05) is 42.5 Å². The van der Waals surface area contributed by atoms with Gasteiger partial charge in [0.2, 0.25) is 0 Å². The predicted molar refractivity (Wildman–Crippen MR) is 110 cm³/mol. The number of carbonyl (C=O) groups excluding carboxylic acids is 1. The number of methoxy groups -OCH3 is 1. The van der Waals surface area contributed by atoms with Gasteiger partial charge in [0.15, 0.2) is 0 Å². The van der Waals surface area contributed by atoms with Gasteiger partial charge >= 0.3 is 35.5 Å². The van der Waals surface area contributed by atoms with Crippen LogP contribution in [0.1, 0.15) is 21.5 Å². The van der Waals surface area contributed by atoms with Gasteiger partial charge in [-0.1, -0.05) is 30.3 Å². The van der Waals surface area contributed by atoms with E-state index in [0.29, 0.717) is 5.56 Å². The maximum atomic E-state index is 11.8. The molecule has 0 aliphatic carbocycles. The van der Waals surface area contributed by atoms with Crippen molar-refractivity contribution in [1.29, 1.82) is 0 Å². The van der Waals surface area contributed by atoms with E-state index in [2.05, 4.69) is 11.1 Å². The molecule has 1 aromatic heterocycles. The molecule has 150 valence electrons. The summed E-state index contributed by atoms with van der Waals surface area (Å²) in [5.74, 6) is 2.14. The summed E-state index contributed by atoms with van der Waals surface area (Å²) in [5, 5.41) is 0. The van der Waals surface area contributed by atoms with Crippen molar-refractivity contribution < 1.29 is 53.3 Å². The Balaban J connectivity index is 0.000000645. The van der Waals surface area contributed by atoms with Crippen LogP contribution in [0.4, 0.5) is 0 Å². The van der Waals surface area contributed by atoms with E-state index < -0.39 is 8.69 Å². The minimum atomic E-state index is -1.08. The number of fused-ring (bicyclic) bond motifs is 3. The Hall–Kier alpha value is -2.54. The third-order valence-electron chi connectivity index (χ3n) is 4.85. The molecule has 0 amide bonds. The van der Waals surface area contributed by atoms with Gasteiger partial charge in [0, 0.05) is 17.5 Å². The molecule has 0 radical (unpaired) electrons. The molecule has 0 saturated heterocycles.